The Morgan fingerprint density at radius 2 is 1.68 bits per heavy atom. The van der Waals surface area contributed by atoms with E-state index in [4.69, 9.17) is 4.84 Å². The first-order valence-electron chi connectivity index (χ1n) is 10.2. The second kappa shape index (κ2) is 8.43. The molecule has 0 spiro atoms. The average molecular weight is 370 g/mol. The zero-order valence-electron chi connectivity index (χ0n) is 16.7. The van der Waals surface area contributed by atoms with Crippen LogP contribution < -0.4 is 0 Å². The second-order valence-electron chi connectivity index (χ2n) is 7.53. The first-order valence-corrected chi connectivity index (χ1v) is 10.2. The molecule has 1 saturated carbocycles. The lowest BCUT2D eigenvalue weighted by Crippen LogP contribution is -2.05. The monoisotopic (exact) mass is 369 g/mol. The van der Waals surface area contributed by atoms with Crippen LogP contribution in [0, 0.1) is 12.8 Å². The third-order valence-electron chi connectivity index (χ3n) is 5.54. The molecule has 142 valence electrons. The quantitative estimate of drug-likeness (QED) is 0.341. The number of oxime groups is 1. The van der Waals surface area contributed by atoms with Gasteiger partial charge in [0.2, 0.25) is 0 Å². The largest absolute Gasteiger partial charge is 0.391 e. The lowest BCUT2D eigenvalue weighted by atomic mass is 9.97. The SMILES string of the molecule is CCc1ccc(C(=NOCc2cccc(-c3ccccc3)c2C)C2CC2)cc1. The lowest BCUT2D eigenvalue weighted by Gasteiger charge is -2.12. The highest BCUT2D eigenvalue weighted by Crippen LogP contribution is 2.34. The normalized spacial score (nSPS) is 14.1. The van der Waals surface area contributed by atoms with E-state index in [0.717, 1.165) is 12.1 Å². The van der Waals surface area contributed by atoms with Gasteiger partial charge in [-0.2, -0.15) is 0 Å². The van der Waals surface area contributed by atoms with E-state index in [-0.39, 0.29) is 0 Å². The Morgan fingerprint density at radius 1 is 0.929 bits per heavy atom. The van der Waals surface area contributed by atoms with Crippen molar-refractivity contribution in [2.24, 2.45) is 11.1 Å². The fraction of sp³-hybridized carbons (Fsp3) is 0.269. The Labute approximate surface area is 167 Å². The average Bonchev–Trinajstić information content (AvgIpc) is 3.58. The summed E-state index contributed by atoms with van der Waals surface area (Å²) in [7, 11) is 0. The van der Waals surface area contributed by atoms with Gasteiger partial charge in [0.1, 0.15) is 6.61 Å². The zero-order chi connectivity index (χ0) is 19.3. The van der Waals surface area contributed by atoms with Gasteiger partial charge in [-0.05, 0) is 59.6 Å². The van der Waals surface area contributed by atoms with Crippen LogP contribution in [0.25, 0.3) is 11.1 Å². The summed E-state index contributed by atoms with van der Waals surface area (Å²) in [5, 5.41) is 4.57. The van der Waals surface area contributed by atoms with Crippen LogP contribution in [-0.2, 0) is 17.9 Å². The third-order valence-corrected chi connectivity index (χ3v) is 5.54. The van der Waals surface area contributed by atoms with Crippen molar-refractivity contribution >= 4 is 5.71 Å². The van der Waals surface area contributed by atoms with Crippen molar-refractivity contribution in [1.29, 1.82) is 0 Å². The van der Waals surface area contributed by atoms with Crippen molar-refractivity contribution in [3.8, 4) is 11.1 Å². The molecule has 0 amide bonds. The van der Waals surface area contributed by atoms with E-state index in [1.54, 1.807) is 0 Å². The molecular weight excluding hydrogens is 342 g/mol. The molecule has 2 heteroatoms. The molecule has 1 aliphatic rings. The van der Waals surface area contributed by atoms with E-state index in [9.17, 15) is 0 Å². The summed E-state index contributed by atoms with van der Waals surface area (Å²) >= 11 is 0. The van der Waals surface area contributed by atoms with E-state index in [2.05, 4.69) is 85.7 Å². The molecule has 0 bridgehead atoms. The van der Waals surface area contributed by atoms with E-state index in [1.165, 1.54) is 46.2 Å². The van der Waals surface area contributed by atoms with Gasteiger partial charge in [-0.1, -0.05) is 84.9 Å². The van der Waals surface area contributed by atoms with E-state index in [0.29, 0.717) is 12.5 Å². The molecular formula is C26H27NO. The van der Waals surface area contributed by atoms with Crippen molar-refractivity contribution in [3.05, 3.63) is 95.1 Å². The third kappa shape index (κ3) is 4.17. The molecule has 0 aromatic heterocycles. The van der Waals surface area contributed by atoms with Crippen LogP contribution in [-0.4, -0.2) is 5.71 Å². The van der Waals surface area contributed by atoms with Crippen LogP contribution in [0.3, 0.4) is 0 Å². The Balaban J connectivity index is 1.51. The first-order chi connectivity index (χ1) is 13.8. The number of nitrogens with zero attached hydrogens (tertiary/aromatic N) is 1. The van der Waals surface area contributed by atoms with Crippen LogP contribution in [0.1, 0.15) is 42.0 Å². The molecule has 1 aliphatic carbocycles. The second-order valence-corrected chi connectivity index (χ2v) is 7.53. The van der Waals surface area contributed by atoms with Gasteiger partial charge in [0.05, 0.1) is 5.71 Å². The number of hydrogen-bond donors (Lipinski definition) is 0. The van der Waals surface area contributed by atoms with Crippen LogP contribution in [0.2, 0.25) is 0 Å². The van der Waals surface area contributed by atoms with E-state index >= 15 is 0 Å². The Bertz CT molecular complexity index is 953. The summed E-state index contributed by atoms with van der Waals surface area (Å²) < 4.78 is 0. The van der Waals surface area contributed by atoms with Gasteiger partial charge in [-0.3, -0.25) is 0 Å². The highest BCUT2D eigenvalue weighted by Gasteiger charge is 2.29. The van der Waals surface area contributed by atoms with Gasteiger partial charge in [0, 0.05) is 5.92 Å². The van der Waals surface area contributed by atoms with E-state index in [1.807, 2.05) is 6.07 Å². The molecule has 0 N–H and O–H groups in total. The topological polar surface area (TPSA) is 21.6 Å². The number of rotatable bonds is 7. The molecule has 0 radical (unpaired) electrons. The molecule has 0 atom stereocenters. The first kappa shape index (κ1) is 18.5. The molecule has 4 rings (SSSR count). The maximum Gasteiger partial charge on any atom is 0.142 e. The number of hydrogen-bond acceptors (Lipinski definition) is 2. The van der Waals surface area contributed by atoms with Crippen molar-refractivity contribution in [3.63, 3.8) is 0 Å². The minimum Gasteiger partial charge on any atom is -0.391 e. The Hall–Kier alpha value is -2.87. The van der Waals surface area contributed by atoms with Crippen molar-refractivity contribution in [2.75, 3.05) is 0 Å². The van der Waals surface area contributed by atoms with Gasteiger partial charge < -0.3 is 4.84 Å². The molecule has 28 heavy (non-hydrogen) atoms. The van der Waals surface area contributed by atoms with Crippen LogP contribution >= 0.6 is 0 Å². The minimum absolute atomic E-state index is 0.496. The predicted molar refractivity (Wildman–Crippen MR) is 116 cm³/mol. The molecule has 0 unspecified atom stereocenters. The van der Waals surface area contributed by atoms with Gasteiger partial charge in [0.15, 0.2) is 0 Å². The van der Waals surface area contributed by atoms with Gasteiger partial charge in [-0.15, -0.1) is 0 Å². The highest BCUT2D eigenvalue weighted by atomic mass is 16.6. The lowest BCUT2D eigenvalue weighted by molar-refractivity contribution is 0.129. The molecule has 0 aliphatic heterocycles. The van der Waals surface area contributed by atoms with Gasteiger partial charge in [-0.25, -0.2) is 0 Å². The fourth-order valence-corrected chi connectivity index (χ4v) is 3.57. The maximum atomic E-state index is 5.85. The summed E-state index contributed by atoms with van der Waals surface area (Å²) in [6.45, 7) is 4.84. The molecule has 3 aromatic carbocycles. The molecule has 1 fully saturated rings. The Kier molecular flexibility index (Phi) is 5.57. The van der Waals surface area contributed by atoms with Crippen LogP contribution in [0.15, 0.2) is 78.0 Å². The summed E-state index contributed by atoms with van der Waals surface area (Å²) in [6.07, 6.45) is 3.48. The number of aryl methyl sites for hydroxylation is 1. The Morgan fingerprint density at radius 3 is 2.36 bits per heavy atom. The smallest absolute Gasteiger partial charge is 0.142 e. The maximum absolute atomic E-state index is 5.85. The highest BCUT2D eigenvalue weighted by molar-refractivity contribution is 6.03. The van der Waals surface area contributed by atoms with Gasteiger partial charge in [0.25, 0.3) is 0 Å². The fourth-order valence-electron chi connectivity index (χ4n) is 3.57. The van der Waals surface area contributed by atoms with Crippen molar-refractivity contribution in [2.45, 2.75) is 39.7 Å². The van der Waals surface area contributed by atoms with Crippen molar-refractivity contribution in [1.82, 2.24) is 0 Å². The molecule has 2 nitrogen and oxygen atoms in total. The molecule has 0 heterocycles. The minimum atomic E-state index is 0.496. The summed E-state index contributed by atoms with van der Waals surface area (Å²) in [6, 6.07) is 25.7. The molecule has 0 saturated heterocycles. The number of benzene rings is 3. The summed E-state index contributed by atoms with van der Waals surface area (Å²) in [5.41, 5.74) is 8.57. The van der Waals surface area contributed by atoms with Crippen molar-refractivity contribution < 1.29 is 4.84 Å². The summed E-state index contributed by atoms with van der Waals surface area (Å²) in [4.78, 5) is 5.85. The van der Waals surface area contributed by atoms with Gasteiger partial charge >= 0.3 is 0 Å². The standard InChI is InChI=1S/C26H27NO/c1-3-20-12-14-22(15-13-20)26(23-16-17-23)27-28-18-24-10-7-11-25(19(24)2)21-8-5-4-6-9-21/h4-15,23H,3,16-18H2,1-2H3. The molecule has 3 aromatic rings. The van der Waals surface area contributed by atoms with Crippen LogP contribution in [0.5, 0.6) is 0 Å². The van der Waals surface area contributed by atoms with Crippen LogP contribution in [0.4, 0.5) is 0 Å². The zero-order valence-corrected chi connectivity index (χ0v) is 16.7. The summed E-state index contributed by atoms with van der Waals surface area (Å²) in [5.74, 6) is 0.546. The predicted octanol–water partition coefficient (Wildman–Crippen LogP) is 6.56. The van der Waals surface area contributed by atoms with E-state index < -0.39 is 0 Å².